The van der Waals surface area contributed by atoms with Crippen molar-refractivity contribution in [2.45, 2.75) is 0 Å². The van der Waals surface area contributed by atoms with Gasteiger partial charge in [0.05, 0.1) is 12.8 Å². The second-order valence-electron chi connectivity index (χ2n) is 4.04. The first-order chi connectivity index (χ1) is 9.67. The maximum absolute atomic E-state index is 5.23. The molecule has 2 aromatic heterocycles. The van der Waals surface area contributed by atoms with E-state index < -0.39 is 0 Å². The van der Waals surface area contributed by atoms with Crippen molar-refractivity contribution in [3.63, 3.8) is 0 Å². The van der Waals surface area contributed by atoms with E-state index in [-0.39, 0.29) is 0 Å². The van der Waals surface area contributed by atoms with Crippen LogP contribution in [0.4, 0.5) is 11.5 Å². The molecule has 0 aliphatic heterocycles. The van der Waals surface area contributed by atoms with Gasteiger partial charge in [-0.05, 0) is 44.0 Å². The fourth-order valence-corrected chi connectivity index (χ4v) is 2.58. The van der Waals surface area contributed by atoms with Crippen LogP contribution in [0.25, 0.3) is 5.65 Å². The second kappa shape index (κ2) is 5.41. The lowest BCUT2D eigenvalue weighted by atomic mass is 10.3. The summed E-state index contributed by atoms with van der Waals surface area (Å²) in [4.78, 5) is 8.72. The Labute approximate surface area is 132 Å². The van der Waals surface area contributed by atoms with E-state index in [9.17, 15) is 0 Å². The Morgan fingerprint density at radius 1 is 1.30 bits per heavy atom. The predicted molar refractivity (Wildman–Crippen MR) is 84.7 cm³/mol. The van der Waals surface area contributed by atoms with E-state index in [4.69, 9.17) is 4.74 Å². The molecule has 20 heavy (non-hydrogen) atoms. The molecule has 0 saturated carbocycles. The highest BCUT2D eigenvalue weighted by atomic mass is 79.9. The van der Waals surface area contributed by atoms with Crippen LogP contribution in [-0.2, 0) is 0 Å². The van der Waals surface area contributed by atoms with Crippen LogP contribution >= 0.6 is 31.9 Å². The van der Waals surface area contributed by atoms with Crippen molar-refractivity contribution in [2.75, 3.05) is 12.4 Å². The fourth-order valence-electron chi connectivity index (χ4n) is 1.84. The van der Waals surface area contributed by atoms with Crippen LogP contribution in [0.3, 0.4) is 0 Å². The standard InChI is InChI=1S/C13H10Br2N4O/c1-20-8-2-3-9(14)10(6-8)17-12-13-16-4-5-19(13)7-11(15)18-12/h2-7H,1H3,(H,17,18). The van der Waals surface area contributed by atoms with Crippen molar-refractivity contribution < 1.29 is 4.74 Å². The summed E-state index contributed by atoms with van der Waals surface area (Å²) in [7, 11) is 1.64. The molecule has 7 heteroatoms. The van der Waals surface area contributed by atoms with Crippen molar-refractivity contribution >= 4 is 49.0 Å². The van der Waals surface area contributed by atoms with Gasteiger partial charge in [0.15, 0.2) is 11.5 Å². The van der Waals surface area contributed by atoms with E-state index in [1.54, 1.807) is 13.3 Å². The third-order valence-electron chi connectivity index (χ3n) is 2.77. The first-order valence-corrected chi connectivity index (χ1v) is 7.36. The van der Waals surface area contributed by atoms with E-state index >= 15 is 0 Å². The molecule has 0 bridgehead atoms. The molecule has 1 aromatic carbocycles. The maximum Gasteiger partial charge on any atom is 0.180 e. The van der Waals surface area contributed by atoms with Gasteiger partial charge in [-0.2, -0.15) is 0 Å². The number of aromatic nitrogens is 3. The van der Waals surface area contributed by atoms with E-state index in [0.29, 0.717) is 5.82 Å². The SMILES string of the molecule is COc1ccc(Br)c(Nc2nc(Br)cn3ccnc23)c1. The number of rotatable bonds is 3. The van der Waals surface area contributed by atoms with E-state index in [2.05, 4.69) is 47.1 Å². The highest BCUT2D eigenvalue weighted by Crippen LogP contribution is 2.30. The molecule has 2 heterocycles. The van der Waals surface area contributed by atoms with Crippen molar-refractivity contribution in [2.24, 2.45) is 0 Å². The van der Waals surface area contributed by atoms with Gasteiger partial charge in [0.25, 0.3) is 0 Å². The number of halogens is 2. The number of imidazole rings is 1. The quantitative estimate of drug-likeness (QED) is 0.725. The lowest BCUT2D eigenvalue weighted by molar-refractivity contribution is 0.415. The molecule has 102 valence electrons. The maximum atomic E-state index is 5.23. The van der Waals surface area contributed by atoms with Gasteiger partial charge in [-0.3, -0.25) is 0 Å². The number of benzene rings is 1. The zero-order chi connectivity index (χ0) is 14.1. The molecule has 0 unspecified atom stereocenters. The molecule has 3 rings (SSSR count). The Morgan fingerprint density at radius 2 is 2.15 bits per heavy atom. The number of nitrogens with one attached hydrogen (secondary N) is 1. The Kier molecular flexibility index (Phi) is 3.62. The number of fused-ring (bicyclic) bond motifs is 1. The van der Waals surface area contributed by atoms with Gasteiger partial charge in [-0.25, -0.2) is 9.97 Å². The van der Waals surface area contributed by atoms with Gasteiger partial charge < -0.3 is 14.5 Å². The van der Waals surface area contributed by atoms with Crippen LogP contribution in [0.5, 0.6) is 5.75 Å². The summed E-state index contributed by atoms with van der Waals surface area (Å²) in [6.07, 6.45) is 5.46. The average Bonchev–Trinajstić information content (AvgIpc) is 2.89. The number of ether oxygens (including phenoxy) is 1. The third-order valence-corrected chi connectivity index (χ3v) is 3.84. The number of methoxy groups -OCH3 is 1. The monoisotopic (exact) mass is 396 g/mol. The van der Waals surface area contributed by atoms with Crippen LogP contribution in [0.1, 0.15) is 0 Å². The van der Waals surface area contributed by atoms with Crippen molar-refractivity contribution in [3.8, 4) is 5.75 Å². The lowest BCUT2D eigenvalue weighted by Gasteiger charge is -2.11. The Morgan fingerprint density at radius 3 is 2.95 bits per heavy atom. The van der Waals surface area contributed by atoms with Gasteiger partial charge >= 0.3 is 0 Å². The normalized spacial score (nSPS) is 10.8. The van der Waals surface area contributed by atoms with Gasteiger partial charge in [-0.15, -0.1) is 0 Å². The van der Waals surface area contributed by atoms with Crippen molar-refractivity contribution in [1.82, 2.24) is 14.4 Å². The fraction of sp³-hybridized carbons (Fsp3) is 0.0769. The zero-order valence-electron chi connectivity index (χ0n) is 10.5. The number of nitrogens with zero attached hydrogens (tertiary/aromatic N) is 3. The molecule has 0 radical (unpaired) electrons. The predicted octanol–water partition coefficient (Wildman–Crippen LogP) is 4.01. The topological polar surface area (TPSA) is 51.5 Å². The second-order valence-corrected chi connectivity index (χ2v) is 5.71. The van der Waals surface area contributed by atoms with Gasteiger partial charge in [0, 0.05) is 29.1 Å². The molecule has 1 N–H and O–H groups in total. The summed E-state index contributed by atoms with van der Waals surface area (Å²) in [5, 5.41) is 3.27. The van der Waals surface area contributed by atoms with Crippen LogP contribution < -0.4 is 10.1 Å². The van der Waals surface area contributed by atoms with Crippen LogP contribution in [0.15, 0.2) is 45.9 Å². The summed E-state index contributed by atoms with van der Waals surface area (Å²) in [5.41, 5.74) is 1.61. The minimum Gasteiger partial charge on any atom is -0.497 e. The first-order valence-electron chi connectivity index (χ1n) is 5.77. The molecule has 0 aliphatic carbocycles. The zero-order valence-corrected chi connectivity index (χ0v) is 13.6. The summed E-state index contributed by atoms with van der Waals surface area (Å²) in [5.74, 6) is 1.43. The third kappa shape index (κ3) is 2.51. The highest BCUT2D eigenvalue weighted by Gasteiger charge is 2.09. The molecule has 0 aliphatic rings. The molecule has 0 fully saturated rings. The first kappa shape index (κ1) is 13.4. The summed E-state index contributed by atoms with van der Waals surface area (Å²) >= 11 is 6.90. The number of hydrogen-bond acceptors (Lipinski definition) is 4. The molecule has 0 spiro atoms. The number of hydrogen-bond donors (Lipinski definition) is 1. The average molecular weight is 398 g/mol. The molecular weight excluding hydrogens is 388 g/mol. The molecule has 0 atom stereocenters. The van der Waals surface area contributed by atoms with Gasteiger partial charge in [-0.1, -0.05) is 0 Å². The Hall–Kier alpha value is -1.60. The Balaban J connectivity index is 2.07. The molecular formula is C13H10Br2N4O. The van der Waals surface area contributed by atoms with E-state index in [1.165, 1.54) is 0 Å². The highest BCUT2D eigenvalue weighted by molar-refractivity contribution is 9.10. The summed E-state index contributed by atoms with van der Waals surface area (Å²) in [6.45, 7) is 0. The van der Waals surface area contributed by atoms with E-state index in [1.807, 2.05) is 35.0 Å². The van der Waals surface area contributed by atoms with Crippen LogP contribution in [-0.4, -0.2) is 21.5 Å². The summed E-state index contributed by atoms with van der Waals surface area (Å²) in [6, 6.07) is 5.70. The van der Waals surface area contributed by atoms with Gasteiger partial charge in [0.1, 0.15) is 10.4 Å². The minimum absolute atomic E-state index is 0.665. The van der Waals surface area contributed by atoms with E-state index in [0.717, 1.165) is 26.2 Å². The molecule has 3 aromatic rings. The summed E-state index contributed by atoms with van der Waals surface area (Å²) < 4.78 is 8.78. The van der Waals surface area contributed by atoms with Crippen LogP contribution in [0.2, 0.25) is 0 Å². The van der Waals surface area contributed by atoms with Gasteiger partial charge in [0.2, 0.25) is 0 Å². The molecule has 5 nitrogen and oxygen atoms in total. The smallest absolute Gasteiger partial charge is 0.180 e. The van der Waals surface area contributed by atoms with Crippen molar-refractivity contribution in [1.29, 1.82) is 0 Å². The largest absolute Gasteiger partial charge is 0.497 e. The van der Waals surface area contributed by atoms with Crippen LogP contribution in [0, 0.1) is 0 Å². The Bertz CT molecular complexity index is 772. The minimum atomic E-state index is 0.665. The number of anilines is 2. The lowest BCUT2D eigenvalue weighted by Crippen LogP contribution is -1.99. The molecule has 0 amide bonds. The van der Waals surface area contributed by atoms with Crippen molar-refractivity contribution in [3.05, 3.63) is 45.9 Å². The molecule has 0 saturated heterocycles.